The van der Waals surface area contributed by atoms with E-state index in [1.807, 2.05) is 24.3 Å². The van der Waals surface area contributed by atoms with Gasteiger partial charge in [-0.2, -0.15) is 4.31 Å². The van der Waals surface area contributed by atoms with E-state index in [-0.39, 0.29) is 36.5 Å². The van der Waals surface area contributed by atoms with Crippen LogP contribution in [0.15, 0.2) is 53.4 Å². The molecule has 0 amide bonds. The Hall–Kier alpha value is -2.25. The molecule has 29 heavy (non-hydrogen) atoms. The minimum absolute atomic E-state index is 0.0600. The standard InChI is InChI=1S/C22H26FNO4S/c1-16(2)18-5-3-17(4-6-18)15-28-22(25)19-11-13-24(14-12-19)29(26,27)21-9-7-20(23)8-10-21/h3-10,16,19H,11-15H2,1-2H3. The van der Waals surface area contributed by atoms with Gasteiger partial charge in [0.25, 0.3) is 0 Å². The lowest BCUT2D eigenvalue weighted by molar-refractivity contribution is -0.151. The topological polar surface area (TPSA) is 63.7 Å². The van der Waals surface area contributed by atoms with Gasteiger partial charge in [-0.15, -0.1) is 0 Å². The van der Waals surface area contributed by atoms with E-state index in [0.717, 1.165) is 17.7 Å². The molecule has 2 aromatic carbocycles. The molecule has 0 saturated carbocycles. The molecular formula is C22H26FNO4S. The van der Waals surface area contributed by atoms with E-state index >= 15 is 0 Å². The fraction of sp³-hybridized carbons (Fsp3) is 0.409. The Labute approximate surface area is 171 Å². The second-order valence-corrected chi connectivity index (χ2v) is 9.57. The summed E-state index contributed by atoms with van der Waals surface area (Å²) in [5.41, 5.74) is 2.16. The Balaban J connectivity index is 1.52. The molecule has 1 fully saturated rings. The third-order valence-corrected chi connectivity index (χ3v) is 7.18. The minimum Gasteiger partial charge on any atom is -0.461 e. The van der Waals surface area contributed by atoms with Crippen LogP contribution >= 0.6 is 0 Å². The van der Waals surface area contributed by atoms with Crippen molar-refractivity contribution in [2.75, 3.05) is 13.1 Å². The SMILES string of the molecule is CC(C)c1ccc(COC(=O)C2CCN(S(=O)(=O)c3ccc(F)cc3)CC2)cc1. The van der Waals surface area contributed by atoms with E-state index < -0.39 is 15.8 Å². The maximum atomic E-state index is 13.0. The molecule has 5 nitrogen and oxygen atoms in total. The summed E-state index contributed by atoms with van der Waals surface area (Å²) in [7, 11) is -3.68. The van der Waals surface area contributed by atoms with E-state index in [4.69, 9.17) is 4.74 Å². The molecule has 1 aliphatic rings. The van der Waals surface area contributed by atoms with Crippen molar-refractivity contribution in [1.29, 1.82) is 0 Å². The number of hydrogen-bond donors (Lipinski definition) is 0. The summed E-state index contributed by atoms with van der Waals surface area (Å²) >= 11 is 0. The molecule has 1 aliphatic heterocycles. The summed E-state index contributed by atoms with van der Waals surface area (Å²) < 4.78 is 45.1. The zero-order chi connectivity index (χ0) is 21.0. The summed E-state index contributed by atoms with van der Waals surface area (Å²) in [6.07, 6.45) is 0.817. The van der Waals surface area contributed by atoms with Crippen molar-refractivity contribution in [3.05, 3.63) is 65.5 Å². The maximum absolute atomic E-state index is 13.0. The number of halogens is 1. The predicted molar refractivity (Wildman–Crippen MR) is 108 cm³/mol. The fourth-order valence-electron chi connectivity index (χ4n) is 3.36. The van der Waals surface area contributed by atoms with Gasteiger partial charge in [-0.25, -0.2) is 12.8 Å². The molecule has 0 aromatic heterocycles. The van der Waals surface area contributed by atoms with Crippen LogP contribution in [0.1, 0.15) is 43.7 Å². The summed E-state index contributed by atoms with van der Waals surface area (Å²) in [6.45, 7) is 4.94. The highest BCUT2D eigenvalue weighted by Crippen LogP contribution is 2.25. The molecule has 3 rings (SSSR count). The average molecular weight is 420 g/mol. The molecule has 0 bridgehead atoms. The fourth-order valence-corrected chi connectivity index (χ4v) is 4.83. The predicted octanol–water partition coefficient (Wildman–Crippen LogP) is 4.09. The van der Waals surface area contributed by atoms with E-state index in [9.17, 15) is 17.6 Å². The molecule has 0 spiro atoms. The van der Waals surface area contributed by atoms with Crippen LogP contribution in [0.3, 0.4) is 0 Å². The quantitative estimate of drug-likeness (QED) is 0.662. The molecule has 0 N–H and O–H groups in total. The summed E-state index contributed by atoms with van der Waals surface area (Å²) in [5, 5.41) is 0. The first-order valence-corrected chi connectivity index (χ1v) is 11.2. The van der Waals surface area contributed by atoms with Crippen molar-refractivity contribution in [2.45, 2.75) is 44.1 Å². The average Bonchev–Trinajstić information content (AvgIpc) is 2.72. The van der Waals surface area contributed by atoms with Gasteiger partial charge in [-0.05, 0) is 54.2 Å². The molecular weight excluding hydrogens is 393 g/mol. The van der Waals surface area contributed by atoms with Gasteiger partial charge in [0.15, 0.2) is 0 Å². The molecule has 2 aromatic rings. The van der Waals surface area contributed by atoms with Crippen molar-refractivity contribution >= 4 is 16.0 Å². The number of nitrogens with zero attached hydrogens (tertiary/aromatic N) is 1. The van der Waals surface area contributed by atoms with Crippen LogP contribution in [-0.2, 0) is 26.2 Å². The molecule has 0 atom stereocenters. The lowest BCUT2D eigenvalue weighted by atomic mass is 9.98. The van der Waals surface area contributed by atoms with Gasteiger partial charge in [-0.1, -0.05) is 38.1 Å². The molecule has 156 valence electrons. The number of benzene rings is 2. The van der Waals surface area contributed by atoms with Crippen LogP contribution in [0.2, 0.25) is 0 Å². The third kappa shape index (κ3) is 5.22. The first-order chi connectivity index (χ1) is 13.8. The monoisotopic (exact) mass is 419 g/mol. The van der Waals surface area contributed by atoms with Crippen LogP contribution in [0.25, 0.3) is 0 Å². The van der Waals surface area contributed by atoms with E-state index in [0.29, 0.717) is 18.8 Å². The van der Waals surface area contributed by atoms with Crippen LogP contribution in [0.5, 0.6) is 0 Å². The third-order valence-electron chi connectivity index (χ3n) is 5.27. The lowest BCUT2D eigenvalue weighted by Crippen LogP contribution is -2.40. The largest absolute Gasteiger partial charge is 0.461 e. The Morgan fingerprint density at radius 3 is 2.21 bits per heavy atom. The summed E-state index contributed by atoms with van der Waals surface area (Å²) in [4.78, 5) is 12.4. The van der Waals surface area contributed by atoms with E-state index in [1.165, 1.54) is 22.0 Å². The molecule has 0 radical (unpaired) electrons. The van der Waals surface area contributed by atoms with Crippen LogP contribution in [0, 0.1) is 11.7 Å². The number of hydrogen-bond acceptors (Lipinski definition) is 4. The number of carbonyl (C=O) groups excluding carboxylic acids is 1. The van der Waals surface area contributed by atoms with Gasteiger partial charge >= 0.3 is 5.97 Å². The Morgan fingerprint density at radius 1 is 1.07 bits per heavy atom. The minimum atomic E-state index is -3.68. The molecule has 7 heteroatoms. The summed E-state index contributed by atoms with van der Waals surface area (Å²) in [5.74, 6) is -0.645. The van der Waals surface area contributed by atoms with Crippen molar-refractivity contribution in [2.24, 2.45) is 5.92 Å². The molecule has 0 unspecified atom stereocenters. The van der Waals surface area contributed by atoms with Gasteiger partial charge in [0.2, 0.25) is 10.0 Å². The smallest absolute Gasteiger partial charge is 0.309 e. The van der Waals surface area contributed by atoms with Gasteiger partial charge in [0, 0.05) is 13.1 Å². The second kappa shape index (κ2) is 9.05. The first-order valence-electron chi connectivity index (χ1n) is 9.78. The molecule has 1 heterocycles. The van der Waals surface area contributed by atoms with Gasteiger partial charge in [0.05, 0.1) is 10.8 Å². The number of sulfonamides is 1. The normalized spacial score (nSPS) is 16.1. The van der Waals surface area contributed by atoms with Gasteiger partial charge in [-0.3, -0.25) is 4.79 Å². The Bertz CT molecular complexity index is 932. The van der Waals surface area contributed by atoms with Crippen molar-refractivity contribution in [3.8, 4) is 0 Å². The Kier molecular flexibility index (Phi) is 6.70. The van der Waals surface area contributed by atoms with Crippen LogP contribution in [0.4, 0.5) is 4.39 Å². The number of esters is 1. The first kappa shape index (κ1) is 21.5. The van der Waals surface area contributed by atoms with Gasteiger partial charge < -0.3 is 4.74 Å². The highest BCUT2D eigenvalue weighted by Gasteiger charge is 2.32. The van der Waals surface area contributed by atoms with Crippen molar-refractivity contribution < 1.29 is 22.3 Å². The summed E-state index contributed by atoms with van der Waals surface area (Å²) in [6, 6.07) is 12.8. The zero-order valence-corrected chi connectivity index (χ0v) is 17.5. The number of rotatable bonds is 6. The second-order valence-electron chi connectivity index (χ2n) is 7.64. The highest BCUT2D eigenvalue weighted by atomic mass is 32.2. The zero-order valence-electron chi connectivity index (χ0n) is 16.7. The van der Waals surface area contributed by atoms with E-state index in [2.05, 4.69) is 13.8 Å². The Morgan fingerprint density at radius 2 is 1.66 bits per heavy atom. The maximum Gasteiger partial charge on any atom is 0.309 e. The van der Waals surface area contributed by atoms with Crippen molar-refractivity contribution in [1.82, 2.24) is 4.31 Å². The van der Waals surface area contributed by atoms with Crippen molar-refractivity contribution in [3.63, 3.8) is 0 Å². The number of carbonyl (C=O) groups is 1. The number of piperidine rings is 1. The molecule has 0 aliphatic carbocycles. The van der Waals surface area contributed by atoms with Crippen LogP contribution < -0.4 is 0 Å². The highest BCUT2D eigenvalue weighted by molar-refractivity contribution is 7.89. The number of ether oxygens (including phenoxy) is 1. The molecule has 1 saturated heterocycles. The van der Waals surface area contributed by atoms with E-state index in [1.54, 1.807) is 0 Å². The van der Waals surface area contributed by atoms with Gasteiger partial charge in [0.1, 0.15) is 12.4 Å². The van der Waals surface area contributed by atoms with Crippen LogP contribution in [-0.4, -0.2) is 31.8 Å². The lowest BCUT2D eigenvalue weighted by Gasteiger charge is -2.30.